The van der Waals surface area contributed by atoms with Gasteiger partial charge in [0.15, 0.2) is 0 Å². The van der Waals surface area contributed by atoms with Crippen molar-refractivity contribution in [3.05, 3.63) is 22.3 Å². The molecule has 94 valence electrons. The molecular weight excluding hydrogens is 263 g/mol. The number of hydrogen-bond donors (Lipinski definition) is 0. The number of nitrogens with zero attached hydrogens (tertiary/aromatic N) is 2. The Labute approximate surface area is 110 Å². The molecule has 1 aromatic heterocycles. The van der Waals surface area contributed by atoms with Crippen molar-refractivity contribution in [1.29, 1.82) is 0 Å². The van der Waals surface area contributed by atoms with E-state index in [9.17, 15) is 4.79 Å². The van der Waals surface area contributed by atoms with E-state index >= 15 is 0 Å². The van der Waals surface area contributed by atoms with E-state index in [1.54, 1.807) is 17.9 Å². The molecule has 1 atom stereocenters. The molecule has 0 radical (unpaired) electrons. The minimum Gasteiger partial charge on any atom is -0.469 e. The van der Waals surface area contributed by atoms with Gasteiger partial charge in [0.05, 0.1) is 23.1 Å². The summed E-state index contributed by atoms with van der Waals surface area (Å²) in [7, 11) is 3.17. The van der Waals surface area contributed by atoms with Gasteiger partial charge in [0.25, 0.3) is 0 Å². The molecule has 1 unspecified atom stereocenters. The minimum atomic E-state index is -0.262. The molecule has 0 N–H and O–H groups in total. The topological polar surface area (TPSA) is 42.4 Å². The predicted molar refractivity (Wildman–Crippen MR) is 68.7 cm³/mol. The molecule has 4 nitrogen and oxygen atoms in total. The quantitative estimate of drug-likeness (QED) is 0.793. The number of pyridine rings is 1. The summed E-state index contributed by atoms with van der Waals surface area (Å²) in [6.45, 7) is 2.26. The summed E-state index contributed by atoms with van der Waals surface area (Å²) in [5.41, 5.74) is 0. The van der Waals surface area contributed by atoms with Crippen molar-refractivity contribution in [2.24, 2.45) is 5.92 Å². The number of ether oxygens (including phenoxy) is 1. The molecule has 1 aromatic rings. The zero-order valence-corrected chi connectivity index (χ0v) is 11.4. The van der Waals surface area contributed by atoms with Crippen LogP contribution in [0.15, 0.2) is 12.3 Å². The van der Waals surface area contributed by atoms with Crippen molar-refractivity contribution in [2.45, 2.75) is 6.92 Å². The molecule has 0 aromatic carbocycles. The SMILES string of the molecule is COC(=O)C(C)CN(C)c1ncc(Cl)cc1Cl. The molecular formula is C11H14Cl2N2O2. The van der Waals surface area contributed by atoms with Crippen LogP contribution in [0.5, 0.6) is 0 Å². The normalized spacial score (nSPS) is 12.1. The average molecular weight is 277 g/mol. The fraction of sp³-hybridized carbons (Fsp3) is 0.455. The molecule has 0 aliphatic carbocycles. The Morgan fingerprint density at radius 3 is 2.76 bits per heavy atom. The molecule has 1 rings (SSSR count). The Balaban J connectivity index is 2.76. The van der Waals surface area contributed by atoms with Crippen LogP contribution in [-0.2, 0) is 9.53 Å². The second-order valence-electron chi connectivity index (χ2n) is 3.76. The van der Waals surface area contributed by atoms with Gasteiger partial charge in [0, 0.05) is 19.8 Å². The maximum atomic E-state index is 11.3. The van der Waals surface area contributed by atoms with Gasteiger partial charge in [-0.05, 0) is 6.07 Å². The fourth-order valence-corrected chi connectivity index (χ4v) is 1.99. The van der Waals surface area contributed by atoms with Gasteiger partial charge in [-0.1, -0.05) is 30.1 Å². The van der Waals surface area contributed by atoms with Crippen LogP contribution in [0, 0.1) is 5.92 Å². The van der Waals surface area contributed by atoms with Crippen LogP contribution in [-0.4, -0.2) is 31.7 Å². The number of esters is 1. The zero-order valence-electron chi connectivity index (χ0n) is 9.91. The molecule has 6 heteroatoms. The Hall–Kier alpha value is -1.000. The first-order chi connectivity index (χ1) is 7.95. The van der Waals surface area contributed by atoms with Gasteiger partial charge in [-0.15, -0.1) is 0 Å². The van der Waals surface area contributed by atoms with Crippen LogP contribution >= 0.6 is 23.2 Å². The van der Waals surface area contributed by atoms with Gasteiger partial charge in [0.2, 0.25) is 0 Å². The predicted octanol–water partition coefficient (Wildman–Crippen LogP) is 2.63. The summed E-state index contributed by atoms with van der Waals surface area (Å²) in [4.78, 5) is 17.2. The summed E-state index contributed by atoms with van der Waals surface area (Å²) >= 11 is 11.8. The fourth-order valence-electron chi connectivity index (χ4n) is 1.46. The Kier molecular flexibility index (Phi) is 5.02. The number of aromatic nitrogens is 1. The second-order valence-corrected chi connectivity index (χ2v) is 4.61. The third-order valence-electron chi connectivity index (χ3n) is 2.30. The lowest BCUT2D eigenvalue weighted by molar-refractivity contribution is -0.144. The van der Waals surface area contributed by atoms with E-state index < -0.39 is 0 Å². The number of carbonyl (C=O) groups excluding carboxylic acids is 1. The van der Waals surface area contributed by atoms with Crippen molar-refractivity contribution in [2.75, 3.05) is 25.6 Å². The van der Waals surface area contributed by atoms with Crippen LogP contribution in [0.3, 0.4) is 0 Å². The van der Waals surface area contributed by atoms with Crippen LogP contribution in [0.25, 0.3) is 0 Å². The van der Waals surface area contributed by atoms with E-state index in [1.807, 2.05) is 7.05 Å². The Bertz CT molecular complexity index is 412. The van der Waals surface area contributed by atoms with E-state index in [2.05, 4.69) is 9.72 Å². The summed E-state index contributed by atoms with van der Waals surface area (Å²) in [6.07, 6.45) is 1.52. The molecule has 0 aliphatic heterocycles. The van der Waals surface area contributed by atoms with Gasteiger partial charge in [-0.25, -0.2) is 4.98 Å². The van der Waals surface area contributed by atoms with Crippen molar-refractivity contribution in [3.8, 4) is 0 Å². The van der Waals surface area contributed by atoms with Crippen molar-refractivity contribution in [3.63, 3.8) is 0 Å². The van der Waals surface area contributed by atoms with E-state index in [-0.39, 0.29) is 11.9 Å². The third kappa shape index (κ3) is 3.75. The summed E-state index contributed by atoms with van der Waals surface area (Å²) in [5.74, 6) is 0.0762. The molecule has 0 saturated carbocycles. The lowest BCUT2D eigenvalue weighted by atomic mass is 10.2. The van der Waals surface area contributed by atoms with Crippen LogP contribution in [0.1, 0.15) is 6.92 Å². The highest BCUT2D eigenvalue weighted by molar-refractivity contribution is 6.35. The first-order valence-corrected chi connectivity index (χ1v) is 5.81. The van der Waals surface area contributed by atoms with E-state index in [0.717, 1.165) is 0 Å². The number of methoxy groups -OCH3 is 1. The van der Waals surface area contributed by atoms with Crippen molar-refractivity contribution < 1.29 is 9.53 Å². The molecule has 0 amide bonds. The highest BCUT2D eigenvalue weighted by Gasteiger charge is 2.17. The first-order valence-electron chi connectivity index (χ1n) is 5.05. The van der Waals surface area contributed by atoms with Gasteiger partial charge in [0.1, 0.15) is 5.82 Å². The Morgan fingerprint density at radius 2 is 2.24 bits per heavy atom. The number of halogens is 2. The van der Waals surface area contributed by atoms with Crippen LogP contribution in [0.4, 0.5) is 5.82 Å². The highest BCUT2D eigenvalue weighted by atomic mass is 35.5. The van der Waals surface area contributed by atoms with E-state index in [4.69, 9.17) is 23.2 Å². The molecule has 0 aliphatic rings. The molecule has 0 fully saturated rings. The first kappa shape index (κ1) is 14.1. The van der Waals surface area contributed by atoms with Crippen molar-refractivity contribution in [1.82, 2.24) is 4.98 Å². The lowest BCUT2D eigenvalue weighted by Gasteiger charge is -2.22. The Morgan fingerprint density at radius 1 is 1.59 bits per heavy atom. The zero-order chi connectivity index (χ0) is 13.0. The van der Waals surface area contributed by atoms with Crippen LogP contribution < -0.4 is 4.90 Å². The van der Waals surface area contributed by atoms with Gasteiger partial charge in [-0.3, -0.25) is 4.79 Å². The molecule has 1 heterocycles. The molecule has 17 heavy (non-hydrogen) atoms. The van der Waals surface area contributed by atoms with Gasteiger partial charge >= 0.3 is 5.97 Å². The number of hydrogen-bond acceptors (Lipinski definition) is 4. The number of anilines is 1. The largest absolute Gasteiger partial charge is 0.469 e. The third-order valence-corrected chi connectivity index (χ3v) is 2.79. The smallest absolute Gasteiger partial charge is 0.310 e. The number of carbonyl (C=O) groups is 1. The molecule has 0 spiro atoms. The molecule has 0 saturated heterocycles. The minimum absolute atomic E-state index is 0.251. The number of rotatable bonds is 4. The maximum Gasteiger partial charge on any atom is 0.310 e. The molecule has 0 bridgehead atoms. The average Bonchev–Trinajstić information content (AvgIpc) is 2.27. The summed E-state index contributed by atoms with van der Waals surface area (Å²) in [5, 5.41) is 0.935. The summed E-state index contributed by atoms with van der Waals surface area (Å²) in [6, 6.07) is 1.62. The second kappa shape index (κ2) is 6.07. The highest BCUT2D eigenvalue weighted by Crippen LogP contribution is 2.25. The van der Waals surface area contributed by atoms with Gasteiger partial charge in [-0.2, -0.15) is 0 Å². The van der Waals surface area contributed by atoms with E-state index in [0.29, 0.717) is 22.4 Å². The maximum absolute atomic E-state index is 11.3. The monoisotopic (exact) mass is 276 g/mol. The van der Waals surface area contributed by atoms with Gasteiger partial charge < -0.3 is 9.64 Å². The lowest BCUT2D eigenvalue weighted by Crippen LogP contribution is -2.30. The van der Waals surface area contributed by atoms with E-state index in [1.165, 1.54) is 13.3 Å². The standard InChI is InChI=1S/C11H14Cl2N2O2/c1-7(11(16)17-3)6-15(2)10-9(13)4-8(12)5-14-10/h4-5,7H,6H2,1-3H3. The van der Waals surface area contributed by atoms with Crippen molar-refractivity contribution >= 4 is 35.0 Å². The van der Waals surface area contributed by atoms with Crippen LogP contribution in [0.2, 0.25) is 10.0 Å². The summed E-state index contributed by atoms with van der Waals surface area (Å²) < 4.78 is 4.66.